The van der Waals surface area contributed by atoms with Crippen molar-refractivity contribution in [2.45, 2.75) is 46.4 Å². The molecular formula is C17H27F2N2O3+. The average Bonchev–Trinajstić information content (AvgIpc) is 2.50. The highest BCUT2D eigenvalue weighted by atomic mass is 19.3. The Bertz CT molecular complexity index is 529. The lowest BCUT2D eigenvalue weighted by Gasteiger charge is -2.27. The van der Waals surface area contributed by atoms with Crippen LogP contribution in [0.1, 0.15) is 38.1 Å². The van der Waals surface area contributed by atoms with Gasteiger partial charge in [0, 0.05) is 5.56 Å². The van der Waals surface area contributed by atoms with E-state index >= 15 is 0 Å². The van der Waals surface area contributed by atoms with Crippen molar-refractivity contribution in [2.24, 2.45) is 0 Å². The number of carbonyl (C=O) groups excluding carboxylic acids is 1. The Hall–Kier alpha value is -1.89. The molecule has 0 heterocycles. The van der Waals surface area contributed by atoms with E-state index in [2.05, 4.69) is 37.7 Å². The SMILES string of the molecule is COc1cc(C(=O)NCC[NH+](C(C)C)C(C)C)ccc1OC(F)F. The number of benzene rings is 1. The summed E-state index contributed by atoms with van der Waals surface area (Å²) in [7, 11) is 1.34. The number of halogens is 2. The minimum atomic E-state index is -2.94. The van der Waals surface area contributed by atoms with E-state index in [4.69, 9.17) is 4.74 Å². The third-order valence-corrected chi connectivity index (χ3v) is 3.82. The molecule has 1 aromatic rings. The summed E-state index contributed by atoms with van der Waals surface area (Å²) >= 11 is 0. The summed E-state index contributed by atoms with van der Waals surface area (Å²) in [6.07, 6.45) is 0. The Kier molecular flexibility index (Phi) is 7.91. The lowest BCUT2D eigenvalue weighted by molar-refractivity contribution is -0.941. The zero-order valence-electron chi connectivity index (χ0n) is 14.9. The second-order valence-corrected chi connectivity index (χ2v) is 6.13. The summed E-state index contributed by atoms with van der Waals surface area (Å²) in [5, 5.41) is 2.85. The van der Waals surface area contributed by atoms with Crippen LogP contribution in [-0.2, 0) is 0 Å². The molecule has 0 fully saturated rings. The smallest absolute Gasteiger partial charge is 0.387 e. The molecule has 5 nitrogen and oxygen atoms in total. The van der Waals surface area contributed by atoms with E-state index in [-0.39, 0.29) is 17.4 Å². The van der Waals surface area contributed by atoms with Crippen molar-refractivity contribution >= 4 is 5.91 Å². The fraction of sp³-hybridized carbons (Fsp3) is 0.588. The number of rotatable bonds is 9. The van der Waals surface area contributed by atoms with Gasteiger partial charge in [-0.15, -0.1) is 0 Å². The zero-order valence-corrected chi connectivity index (χ0v) is 14.9. The molecule has 1 rings (SSSR count). The van der Waals surface area contributed by atoms with Crippen LogP contribution < -0.4 is 19.7 Å². The average molecular weight is 345 g/mol. The lowest BCUT2D eigenvalue weighted by Crippen LogP contribution is -3.18. The van der Waals surface area contributed by atoms with E-state index in [9.17, 15) is 13.6 Å². The molecule has 0 spiro atoms. The number of hydrogen-bond acceptors (Lipinski definition) is 3. The van der Waals surface area contributed by atoms with Gasteiger partial charge in [-0.1, -0.05) is 0 Å². The van der Waals surface area contributed by atoms with Gasteiger partial charge in [-0.3, -0.25) is 4.79 Å². The molecule has 0 aromatic heterocycles. The van der Waals surface area contributed by atoms with Gasteiger partial charge in [-0.25, -0.2) is 0 Å². The second-order valence-electron chi connectivity index (χ2n) is 6.13. The van der Waals surface area contributed by atoms with Crippen LogP contribution in [0, 0.1) is 0 Å². The van der Waals surface area contributed by atoms with E-state index in [1.54, 1.807) is 0 Å². The van der Waals surface area contributed by atoms with Crippen molar-refractivity contribution in [3.8, 4) is 11.5 Å². The summed E-state index contributed by atoms with van der Waals surface area (Å²) in [5.74, 6) is -0.275. The molecule has 1 amide bonds. The molecule has 0 bridgehead atoms. The fourth-order valence-corrected chi connectivity index (χ4v) is 2.67. The molecule has 0 radical (unpaired) electrons. The van der Waals surface area contributed by atoms with Crippen LogP contribution in [0.4, 0.5) is 8.78 Å². The lowest BCUT2D eigenvalue weighted by atomic mass is 10.2. The highest BCUT2D eigenvalue weighted by Crippen LogP contribution is 2.29. The molecule has 0 unspecified atom stereocenters. The number of amides is 1. The van der Waals surface area contributed by atoms with Crippen LogP contribution in [0.5, 0.6) is 11.5 Å². The number of nitrogens with one attached hydrogen (secondary N) is 2. The van der Waals surface area contributed by atoms with Gasteiger partial charge in [-0.05, 0) is 45.9 Å². The first-order valence-corrected chi connectivity index (χ1v) is 8.02. The van der Waals surface area contributed by atoms with Crippen molar-refractivity contribution in [2.75, 3.05) is 20.2 Å². The van der Waals surface area contributed by atoms with Gasteiger partial charge in [0.2, 0.25) is 0 Å². The van der Waals surface area contributed by atoms with Crippen LogP contribution in [-0.4, -0.2) is 44.8 Å². The molecular weight excluding hydrogens is 318 g/mol. The van der Waals surface area contributed by atoms with Crippen molar-refractivity contribution in [1.29, 1.82) is 0 Å². The van der Waals surface area contributed by atoms with Gasteiger partial charge >= 0.3 is 6.61 Å². The van der Waals surface area contributed by atoms with Crippen LogP contribution in [0.3, 0.4) is 0 Å². The number of quaternary nitrogens is 1. The largest absolute Gasteiger partial charge is 0.493 e. The molecule has 2 N–H and O–H groups in total. The first-order valence-electron chi connectivity index (χ1n) is 8.02. The van der Waals surface area contributed by atoms with Crippen molar-refractivity contribution < 1.29 is 27.9 Å². The summed E-state index contributed by atoms with van der Waals surface area (Å²) < 4.78 is 34.0. The zero-order chi connectivity index (χ0) is 18.3. The standard InChI is InChI=1S/C17H26F2N2O3/c1-11(2)21(12(3)4)9-8-20-16(22)13-6-7-14(24-17(18)19)15(10-13)23-5/h6-7,10-12,17H,8-9H2,1-5H3,(H,20,22)/p+1. The molecule has 0 atom stereocenters. The van der Waals surface area contributed by atoms with Gasteiger partial charge in [0.1, 0.15) is 0 Å². The molecule has 0 aliphatic rings. The number of ether oxygens (including phenoxy) is 2. The molecule has 0 saturated heterocycles. The van der Waals surface area contributed by atoms with Crippen molar-refractivity contribution in [3.63, 3.8) is 0 Å². The maximum atomic E-state index is 12.3. The molecule has 0 saturated carbocycles. The van der Waals surface area contributed by atoms with E-state index < -0.39 is 6.61 Å². The predicted octanol–water partition coefficient (Wildman–Crippen LogP) is 1.73. The van der Waals surface area contributed by atoms with E-state index in [0.29, 0.717) is 24.2 Å². The van der Waals surface area contributed by atoms with Crippen LogP contribution in [0.2, 0.25) is 0 Å². The van der Waals surface area contributed by atoms with E-state index in [1.165, 1.54) is 30.2 Å². The number of hydrogen-bond donors (Lipinski definition) is 2. The molecule has 136 valence electrons. The van der Waals surface area contributed by atoms with Gasteiger partial charge in [0.05, 0.1) is 32.3 Å². The maximum Gasteiger partial charge on any atom is 0.387 e. The minimum absolute atomic E-state index is 0.0968. The first-order chi connectivity index (χ1) is 11.3. The predicted molar refractivity (Wildman–Crippen MR) is 88.1 cm³/mol. The Labute approximate surface area is 141 Å². The van der Waals surface area contributed by atoms with Crippen molar-refractivity contribution in [1.82, 2.24) is 5.32 Å². The quantitative estimate of drug-likeness (QED) is 0.717. The maximum absolute atomic E-state index is 12.3. The summed E-state index contributed by atoms with van der Waals surface area (Å²) in [6.45, 7) is 6.97. The second kappa shape index (κ2) is 9.42. The third-order valence-electron chi connectivity index (χ3n) is 3.82. The fourth-order valence-electron chi connectivity index (χ4n) is 2.67. The van der Waals surface area contributed by atoms with Gasteiger partial charge < -0.3 is 19.7 Å². The normalized spacial score (nSPS) is 11.5. The summed E-state index contributed by atoms with van der Waals surface area (Å²) in [6, 6.07) is 5.06. The first kappa shape index (κ1) is 20.2. The number of alkyl halides is 2. The molecule has 7 heteroatoms. The van der Waals surface area contributed by atoms with Crippen LogP contribution in [0.25, 0.3) is 0 Å². The van der Waals surface area contributed by atoms with Crippen molar-refractivity contribution in [3.05, 3.63) is 23.8 Å². The monoisotopic (exact) mass is 345 g/mol. The molecule has 0 aliphatic heterocycles. The minimum Gasteiger partial charge on any atom is -0.493 e. The highest BCUT2D eigenvalue weighted by Gasteiger charge is 2.18. The Morgan fingerprint density at radius 3 is 2.29 bits per heavy atom. The molecule has 1 aromatic carbocycles. The summed E-state index contributed by atoms with van der Waals surface area (Å²) in [4.78, 5) is 13.6. The summed E-state index contributed by atoms with van der Waals surface area (Å²) in [5.41, 5.74) is 0.337. The van der Waals surface area contributed by atoms with Gasteiger partial charge in [0.15, 0.2) is 11.5 Å². The van der Waals surface area contributed by atoms with Gasteiger partial charge in [0.25, 0.3) is 5.91 Å². The van der Waals surface area contributed by atoms with Gasteiger partial charge in [-0.2, -0.15) is 8.78 Å². The van der Waals surface area contributed by atoms with Crippen LogP contribution >= 0.6 is 0 Å². The highest BCUT2D eigenvalue weighted by molar-refractivity contribution is 5.94. The molecule has 0 aliphatic carbocycles. The molecule has 24 heavy (non-hydrogen) atoms. The number of carbonyl (C=O) groups is 1. The number of methoxy groups -OCH3 is 1. The van der Waals surface area contributed by atoms with Crippen LogP contribution in [0.15, 0.2) is 18.2 Å². The Balaban J connectivity index is 2.68. The van der Waals surface area contributed by atoms with E-state index in [1.807, 2.05) is 0 Å². The Morgan fingerprint density at radius 1 is 1.17 bits per heavy atom. The van der Waals surface area contributed by atoms with E-state index in [0.717, 1.165) is 6.54 Å². The topological polar surface area (TPSA) is 52.0 Å². The Morgan fingerprint density at radius 2 is 1.79 bits per heavy atom. The third kappa shape index (κ3) is 5.96.